The second kappa shape index (κ2) is 9.11. The number of hydrogen-bond donors (Lipinski definition) is 3. The Bertz CT molecular complexity index is 1410. The molecule has 3 heterocycles. The summed E-state index contributed by atoms with van der Waals surface area (Å²) in [5.74, 6) is -1.21. The quantitative estimate of drug-likeness (QED) is 0.415. The van der Waals surface area contributed by atoms with Gasteiger partial charge >= 0.3 is 11.8 Å². The third kappa shape index (κ3) is 4.75. The first kappa shape index (κ1) is 21.4. The fourth-order valence-corrected chi connectivity index (χ4v) is 3.27. The number of nitrogens with zero attached hydrogens (tertiary/aromatic N) is 4. The lowest BCUT2D eigenvalue weighted by molar-refractivity contribution is -0.133. The summed E-state index contributed by atoms with van der Waals surface area (Å²) in [6.45, 7) is 1.95. The predicted molar refractivity (Wildman–Crippen MR) is 125 cm³/mol. The lowest BCUT2D eigenvalue weighted by Gasteiger charge is -2.10. The molecule has 0 atom stereocenters. The minimum absolute atomic E-state index is 0.200. The number of nitrogens with one attached hydrogen (secondary N) is 2. The molecule has 0 spiro atoms. The molecular weight excluding hydrogens is 418 g/mol. The SMILES string of the molecule is Cc1ccncc1-c1cc2cc(NC(=O)C(=O)Nc3ccc(CC#N)cc3)ncc2c(N)n1. The summed E-state index contributed by atoms with van der Waals surface area (Å²) in [4.78, 5) is 37.4. The molecule has 0 saturated heterocycles. The number of benzene rings is 1. The van der Waals surface area contributed by atoms with E-state index in [2.05, 4.69) is 25.6 Å². The van der Waals surface area contributed by atoms with Crippen molar-refractivity contribution in [1.29, 1.82) is 5.26 Å². The largest absolute Gasteiger partial charge is 0.383 e. The fraction of sp³-hybridized carbons (Fsp3) is 0.0833. The highest BCUT2D eigenvalue weighted by Gasteiger charge is 2.16. The number of carbonyl (C=O) groups excluding carboxylic acids is 2. The number of anilines is 3. The van der Waals surface area contributed by atoms with Crippen molar-refractivity contribution >= 4 is 39.9 Å². The molecule has 4 aromatic rings. The van der Waals surface area contributed by atoms with Crippen LogP contribution in [0, 0.1) is 18.3 Å². The van der Waals surface area contributed by atoms with Crippen LogP contribution in [0.1, 0.15) is 11.1 Å². The van der Waals surface area contributed by atoms with Gasteiger partial charge in [-0.25, -0.2) is 9.97 Å². The normalized spacial score (nSPS) is 10.4. The summed E-state index contributed by atoms with van der Waals surface area (Å²) in [5.41, 5.74) is 9.86. The summed E-state index contributed by atoms with van der Waals surface area (Å²) >= 11 is 0. The second-order valence-electron chi connectivity index (χ2n) is 7.31. The molecule has 0 radical (unpaired) electrons. The molecule has 0 aliphatic carbocycles. The fourth-order valence-electron chi connectivity index (χ4n) is 3.27. The number of aryl methyl sites for hydroxylation is 1. The van der Waals surface area contributed by atoms with Crippen LogP contribution in [0.2, 0.25) is 0 Å². The van der Waals surface area contributed by atoms with Gasteiger partial charge in [-0.15, -0.1) is 0 Å². The number of pyridine rings is 3. The Morgan fingerprint density at radius 2 is 1.82 bits per heavy atom. The van der Waals surface area contributed by atoms with Crippen molar-refractivity contribution in [1.82, 2.24) is 15.0 Å². The molecule has 33 heavy (non-hydrogen) atoms. The average Bonchev–Trinajstić information content (AvgIpc) is 2.80. The average molecular weight is 437 g/mol. The lowest BCUT2D eigenvalue weighted by atomic mass is 10.1. The number of nitriles is 1. The van der Waals surface area contributed by atoms with Gasteiger partial charge < -0.3 is 16.4 Å². The summed E-state index contributed by atoms with van der Waals surface area (Å²) in [5, 5.41) is 15.1. The maximum atomic E-state index is 12.4. The highest BCUT2D eigenvalue weighted by molar-refractivity contribution is 6.43. The zero-order valence-corrected chi connectivity index (χ0v) is 17.7. The Morgan fingerprint density at radius 1 is 1.06 bits per heavy atom. The lowest BCUT2D eigenvalue weighted by Crippen LogP contribution is -2.29. The molecule has 1 aromatic carbocycles. The monoisotopic (exact) mass is 437 g/mol. The molecule has 0 fully saturated rings. The third-order valence-corrected chi connectivity index (χ3v) is 5.00. The van der Waals surface area contributed by atoms with Gasteiger partial charge in [0.25, 0.3) is 0 Å². The Hall–Kier alpha value is -4.84. The Kier molecular flexibility index (Phi) is 5.91. The van der Waals surface area contributed by atoms with Crippen LogP contribution in [0.3, 0.4) is 0 Å². The van der Waals surface area contributed by atoms with E-state index in [9.17, 15) is 9.59 Å². The van der Waals surface area contributed by atoms with E-state index in [0.29, 0.717) is 28.0 Å². The van der Waals surface area contributed by atoms with Crippen LogP contribution in [0.15, 0.2) is 61.1 Å². The van der Waals surface area contributed by atoms with Crippen LogP contribution in [-0.4, -0.2) is 26.8 Å². The van der Waals surface area contributed by atoms with E-state index in [1.54, 1.807) is 42.7 Å². The van der Waals surface area contributed by atoms with E-state index < -0.39 is 11.8 Å². The first-order valence-electron chi connectivity index (χ1n) is 10.00. The second-order valence-corrected chi connectivity index (χ2v) is 7.31. The third-order valence-electron chi connectivity index (χ3n) is 5.00. The Morgan fingerprint density at radius 3 is 2.55 bits per heavy atom. The van der Waals surface area contributed by atoms with Gasteiger partial charge in [-0.3, -0.25) is 14.6 Å². The van der Waals surface area contributed by atoms with Gasteiger partial charge in [-0.2, -0.15) is 5.26 Å². The molecule has 4 N–H and O–H groups in total. The van der Waals surface area contributed by atoms with E-state index in [1.165, 1.54) is 6.20 Å². The highest BCUT2D eigenvalue weighted by Crippen LogP contribution is 2.28. The minimum atomic E-state index is -0.867. The number of hydrogen-bond acceptors (Lipinski definition) is 7. The van der Waals surface area contributed by atoms with Crippen LogP contribution in [0.4, 0.5) is 17.3 Å². The molecule has 0 aliphatic heterocycles. The Labute approximate surface area is 189 Å². The zero-order valence-electron chi connectivity index (χ0n) is 17.7. The molecule has 3 aromatic heterocycles. The Balaban J connectivity index is 1.53. The molecule has 2 amide bonds. The summed E-state index contributed by atoms with van der Waals surface area (Å²) < 4.78 is 0. The van der Waals surface area contributed by atoms with Gasteiger partial charge in [0.05, 0.1) is 18.2 Å². The topological polar surface area (TPSA) is 147 Å². The van der Waals surface area contributed by atoms with E-state index in [-0.39, 0.29) is 12.2 Å². The molecule has 0 bridgehead atoms. The number of nitrogen functional groups attached to an aromatic ring is 1. The van der Waals surface area contributed by atoms with E-state index >= 15 is 0 Å². The van der Waals surface area contributed by atoms with Gasteiger partial charge in [-0.1, -0.05) is 12.1 Å². The standard InChI is InChI=1S/C24H19N7O2/c1-14-7-9-27-12-18(14)20-10-16-11-21(28-13-19(16)22(26)30-20)31-24(33)23(32)29-17-4-2-15(3-5-17)6-8-25/h2-5,7,9-13H,6H2,1H3,(H2,26,30)(H,29,32)(H,28,31,33). The van der Waals surface area contributed by atoms with Gasteiger partial charge in [-0.05, 0) is 53.8 Å². The molecule has 162 valence electrons. The first-order valence-corrected chi connectivity index (χ1v) is 10.00. The van der Waals surface area contributed by atoms with Crippen LogP contribution in [0.25, 0.3) is 22.0 Å². The van der Waals surface area contributed by atoms with Crippen LogP contribution < -0.4 is 16.4 Å². The molecular formula is C24H19N7O2. The minimum Gasteiger partial charge on any atom is -0.383 e. The van der Waals surface area contributed by atoms with Gasteiger partial charge in [0.15, 0.2) is 0 Å². The number of amides is 2. The summed E-state index contributed by atoms with van der Waals surface area (Å²) in [7, 11) is 0. The zero-order chi connectivity index (χ0) is 23.4. The molecule has 9 heteroatoms. The smallest absolute Gasteiger partial charge is 0.315 e. The maximum Gasteiger partial charge on any atom is 0.315 e. The molecule has 0 unspecified atom stereocenters. The van der Waals surface area contributed by atoms with E-state index in [4.69, 9.17) is 11.0 Å². The van der Waals surface area contributed by atoms with Crippen molar-refractivity contribution in [2.24, 2.45) is 0 Å². The van der Waals surface area contributed by atoms with Crippen molar-refractivity contribution in [3.05, 3.63) is 72.2 Å². The number of aromatic nitrogens is 3. The maximum absolute atomic E-state index is 12.4. The van der Waals surface area contributed by atoms with Gasteiger partial charge in [0.2, 0.25) is 0 Å². The van der Waals surface area contributed by atoms with Crippen molar-refractivity contribution in [3.8, 4) is 17.3 Å². The molecule has 0 aliphatic rings. The van der Waals surface area contributed by atoms with Crippen molar-refractivity contribution in [2.75, 3.05) is 16.4 Å². The highest BCUT2D eigenvalue weighted by atomic mass is 16.2. The number of nitrogens with two attached hydrogens (primary N) is 1. The first-order chi connectivity index (χ1) is 15.9. The molecule has 0 saturated carbocycles. The van der Waals surface area contributed by atoms with Crippen LogP contribution >= 0.6 is 0 Å². The summed E-state index contributed by atoms with van der Waals surface area (Å²) in [6, 6.07) is 14.1. The van der Waals surface area contributed by atoms with Crippen molar-refractivity contribution in [3.63, 3.8) is 0 Å². The van der Waals surface area contributed by atoms with E-state index in [1.807, 2.05) is 25.1 Å². The number of carbonyl (C=O) groups is 2. The summed E-state index contributed by atoms with van der Waals surface area (Å²) in [6.07, 6.45) is 5.18. The number of rotatable bonds is 4. The van der Waals surface area contributed by atoms with Crippen molar-refractivity contribution < 1.29 is 9.59 Å². The van der Waals surface area contributed by atoms with Crippen molar-refractivity contribution in [2.45, 2.75) is 13.3 Å². The van der Waals surface area contributed by atoms with E-state index in [0.717, 1.165) is 16.7 Å². The van der Waals surface area contributed by atoms with Crippen LogP contribution in [-0.2, 0) is 16.0 Å². The van der Waals surface area contributed by atoms with Gasteiger partial charge in [0, 0.05) is 35.2 Å². The molecule has 4 rings (SSSR count). The van der Waals surface area contributed by atoms with Gasteiger partial charge in [0.1, 0.15) is 11.6 Å². The predicted octanol–water partition coefficient (Wildman–Crippen LogP) is 3.23. The van der Waals surface area contributed by atoms with Crippen LogP contribution in [0.5, 0.6) is 0 Å². The molecule has 9 nitrogen and oxygen atoms in total. The number of fused-ring (bicyclic) bond motifs is 1.